The van der Waals surface area contributed by atoms with Gasteiger partial charge in [0.1, 0.15) is 0 Å². The number of anilines is 1. The molecule has 0 aliphatic heterocycles. The van der Waals surface area contributed by atoms with Crippen LogP contribution in [0.5, 0.6) is 0 Å². The van der Waals surface area contributed by atoms with E-state index in [2.05, 4.69) is 10.3 Å². The zero-order chi connectivity index (χ0) is 15.5. The van der Waals surface area contributed by atoms with Gasteiger partial charge in [-0.15, -0.1) is 0 Å². The number of pyridine rings is 1. The van der Waals surface area contributed by atoms with Crippen LogP contribution in [0.1, 0.15) is 11.1 Å². The average molecular weight is 311 g/mol. The number of carbonyl (C=O) groups is 1. The number of hydrogen-bond acceptors (Lipinski definition) is 2. The van der Waals surface area contributed by atoms with Gasteiger partial charge in [-0.1, -0.05) is 35.9 Å². The van der Waals surface area contributed by atoms with Crippen LogP contribution in [0.4, 0.5) is 5.69 Å². The summed E-state index contributed by atoms with van der Waals surface area (Å²) in [6.45, 7) is 1.92. The molecule has 0 spiro atoms. The van der Waals surface area contributed by atoms with Gasteiger partial charge < -0.3 is 5.32 Å². The van der Waals surface area contributed by atoms with Crippen LogP contribution >= 0.6 is 11.6 Å². The maximum atomic E-state index is 12.3. The molecule has 0 bridgehead atoms. The van der Waals surface area contributed by atoms with Gasteiger partial charge in [-0.3, -0.25) is 9.78 Å². The zero-order valence-corrected chi connectivity index (χ0v) is 12.9. The molecule has 3 rings (SSSR count). The number of fused-ring (bicyclic) bond motifs is 1. The Hall–Kier alpha value is -2.39. The minimum atomic E-state index is -0.0661. The van der Waals surface area contributed by atoms with E-state index in [-0.39, 0.29) is 12.3 Å². The summed E-state index contributed by atoms with van der Waals surface area (Å²) in [7, 11) is 0. The van der Waals surface area contributed by atoms with Crippen LogP contribution in [0.2, 0.25) is 5.02 Å². The maximum absolute atomic E-state index is 12.3. The van der Waals surface area contributed by atoms with Crippen molar-refractivity contribution >= 4 is 34.1 Å². The highest BCUT2D eigenvalue weighted by atomic mass is 35.5. The van der Waals surface area contributed by atoms with Crippen LogP contribution in [0, 0.1) is 6.92 Å². The summed E-state index contributed by atoms with van der Waals surface area (Å²) in [5.41, 5.74) is 3.51. The van der Waals surface area contributed by atoms with E-state index in [1.54, 1.807) is 12.3 Å². The third kappa shape index (κ3) is 3.10. The average Bonchev–Trinajstić information content (AvgIpc) is 2.50. The van der Waals surface area contributed by atoms with Crippen molar-refractivity contribution in [2.75, 3.05) is 5.32 Å². The Labute approximate surface area is 133 Å². The summed E-state index contributed by atoms with van der Waals surface area (Å²) in [4.78, 5) is 16.7. The molecule has 110 valence electrons. The van der Waals surface area contributed by atoms with Gasteiger partial charge in [0, 0.05) is 22.3 Å². The first-order valence-corrected chi connectivity index (χ1v) is 7.40. The highest BCUT2D eigenvalue weighted by molar-refractivity contribution is 6.30. The molecular weight excluding hydrogens is 296 g/mol. The van der Waals surface area contributed by atoms with Gasteiger partial charge >= 0.3 is 0 Å². The standard InChI is InChI=1S/C18H15ClN2O/c1-12-10-15(19)7-8-16(12)21-17(22)11-14-5-2-4-13-6-3-9-20-18(13)14/h2-10H,11H2,1H3,(H,21,22). The minimum Gasteiger partial charge on any atom is -0.326 e. The number of aromatic nitrogens is 1. The van der Waals surface area contributed by atoms with E-state index in [1.807, 2.05) is 49.4 Å². The van der Waals surface area contributed by atoms with Crippen molar-refractivity contribution in [3.8, 4) is 0 Å². The Bertz CT molecular complexity index is 840. The first-order chi connectivity index (χ1) is 10.6. The van der Waals surface area contributed by atoms with Gasteiger partial charge in [0.15, 0.2) is 0 Å². The van der Waals surface area contributed by atoms with E-state index in [4.69, 9.17) is 11.6 Å². The lowest BCUT2D eigenvalue weighted by Gasteiger charge is -2.10. The van der Waals surface area contributed by atoms with Gasteiger partial charge in [0.2, 0.25) is 5.91 Å². The van der Waals surface area contributed by atoms with Crippen LogP contribution in [0.3, 0.4) is 0 Å². The molecule has 3 aromatic rings. The zero-order valence-electron chi connectivity index (χ0n) is 12.1. The Kier molecular flexibility index (Phi) is 4.07. The van der Waals surface area contributed by atoms with Crippen LogP contribution in [0.15, 0.2) is 54.7 Å². The molecule has 1 N–H and O–H groups in total. The fourth-order valence-electron chi connectivity index (χ4n) is 2.44. The van der Waals surface area contributed by atoms with E-state index in [1.165, 1.54) is 0 Å². The number of carbonyl (C=O) groups excluding carboxylic acids is 1. The van der Waals surface area contributed by atoms with Crippen molar-refractivity contribution in [3.05, 3.63) is 70.9 Å². The Morgan fingerprint density at radius 3 is 2.82 bits per heavy atom. The normalized spacial score (nSPS) is 10.6. The number of halogens is 1. The predicted octanol–water partition coefficient (Wildman–Crippen LogP) is 4.38. The first-order valence-electron chi connectivity index (χ1n) is 7.02. The molecule has 0 aliphatic carbocycles. The van der Waals surface area contributed by atoms with Crippen molar-refractivity contribution in [1.82, 2.24) is 4.98 Å². The van der Waals surface area contributed by atoms with Crippen LogP contribution < -0.4 is 5.32 Å². The molecule has 0 unspecified atom stereocenters. The number of hydrogen-bond donors (Lipinski definition) is 1. The SMILES string of the molecule is Cc1cc(Cl)ccc1NC(=O)Cc1cccc2cccnc12. The van der Waals surface area contributed by atoms with Gasteiger partial charge in [-0.05, 0) is 42.3 Å². The molecule has 4 heteroatoms. The van der Waals surface area contributed by atoms with Crippen LogP contribution in [-0.2, 0) is 11.2 Å². The number of nitrogens with zero attached hydrogens (tertiary/aromatic N) is 1. The maximum Gasteiger partial charge on any atom is 0.228 e. The second kappa shape index (κ2) is 6.16. The molecule has 2 aromatic carbocycles. The van der Waals surface area contributed by atoms with Gasteiger partial charge in [-0.2, -0.15) is 0 Å². The smallest absolute Gasteiger partial charge is 0.228 e. The largest absolute Gasteiger partial charge is 0.326 e. The van der Waals surface area contributed by atoms with Crippen LogP contribution in [-0.4, -0.2) is 10.9 Å². The minimum absolute atomic E-state index is 0.0661. The quantitative estimate of drug-likeness (QED) is 0.780. The highest BCUT2D eigenvalue weighted by Crippen LogP contribution is 2.21. The fourth-order valence-corrected chi connectivity index (χ4v) is 2.67. The number of rotatable bonds is 3. The molecule has 0 saturated heterocycles. The second-order valence-corrected chi connectivity index (χ2v) is 5.61. The molecule has 0 saturated carbocycles. The van der Waals surface area contributed by atoms with Crippen molar-refractivity contribution in [3.63, 3.8) is 0 Å². The van der Waals surface area contributed by atoms with Gasteiger partial charge in [0.05, 0.1) is 11.9 Å². The van der Waals surface area contributed by atoms with E-state index in [9.17, 15) is 4.79 Å². The number of benzene rings is 2. The molecule has 0 radical (unpaired) electrons. The monoisotopic (exact) mass is 310 g/mol. The van der Waals surface area contributed by atoms with E-state index in [0.717, 1.165) is 27.7 Å². The molecule has 1 aromatic heterocycles. The lowest BCUT2D eigenvalue weighted by molar-refractivity contribution is -0.115. The van der Waals surface area contributed by atoms with Gasteiger partial charge in [0.25, 0.3) is 0 Å². The molecule has 1 amide bonds. The van der Waals surface area contributed by atoms with Crippen molar-refractivity contribution in [1.29, 1.82) is 0 Å². The molecule has 0 atom stereocenters. The lowest BCUT2D eigenvalue weighted by Crippen LogP contribution is -2.15. The summed E-state index contributed by atoms with van der Waals surface area (Å²) in [6.07, 6.45) is 2.03. The number of amides is 1. The Morgan fingerprint density at radius 1 is 1.18 bits per heavy atom. The summed E-state index contributed by atoms with van der Waals surface area (Å²) < 4.78 is 0. The molecular formula is C18H15ClN2O. The second-order valence-electron chi connectivity index (χ2n) is 5.18. The highest BCUT2D eigenvalue weighted by Gasteiger charge is 2.09. The van der Waals surface area contributed by atoms with E-state index in [0.29, 0.717) is 5.02 Å². The first kappa shape index (κ1) is 14.5. The van der Waals surface area contributed by atoms with Crippen LogP contribution in [0.25, 0.3) is 10.9 Å². The fraction of sp³-hybridized carbons (Fsp3) is 0.111. The molecule has 0 aliphatic rings. The third-order valence-corrected chi connectivity index (χ3v) is 3.76. The topological polar surface area (TPSA) is 42.0 Å². The molecule has 3 nitrogen and oxygen atoms in total. The summed E-state index contributed by atoms with van der Waals surface area (Å²) in [5, 5.41) is 4.62. The summed E-state index contributed by atoms with van der Waals surface area (Å²) in [6, 6.07) is 15.2. The van der Waals surface area contributed by atoms with Crippen molar-refractivity contribution in [2.24, 2.45) is 0 Å². The van der Waals surface area contributed by atoms with Crippen molar-refractivity contribution < 1.29 is 4.79 Å². The number of nitrogens with one attached hydrogen (secondary N) is 1. The molecule has 1 heterocycles. The number of aryl methyl sites for hydroxylation is 1. The third-order valence-electron chi connectivity index (χ3n) is 3.53. The Morgan fingerprint density at radius 2 is 2.00 bits per heavy atom. The summed E-state index contributed by atoms with van der Waals surface area (Å²) in [5.74, 6) is -0.0661. The van der Waals surface area contributed by atoms with E-state index < -0.39 is 0 Å². The van der Waals surface area contributed by atoms with E-state index >= 15 is 0 Å². The van der Waals surface area contributed by atoms with Gasteiger partial charge in [-0.25, -0.2) is 0 Å². The molecule has 0 fully saturated rings. The number of para-hydroxylation sites is 1. The summed E-state index contributed by atoms with van der Waals surface area (Å²) >= 11 is 5.93. The lowest BCUT2D eigenvalue weighted by atomic mass is 10.1. The predicted molar refractivity (Wildman–Crippen MR) is 90.3 cm³/mol. The van der Waals surface area contributed by atoms with Crippen molar-refractivity contribution in [2.45, 2.75) is 13.3 Å². The molecule has 22 heavy (non-hydrogen) atoms. The Balaban J connectivity index is 1.81.